The second-order valence-electron chi connectivity index (χ2n) is 8.52. The molecule has 0 spiro atoms. The Morgan fingerprint density at radius 3 is 2.41 bits per heavy atom. The number of rotatable bonds is 8. The van der Waals surface area contributed by atoms with Crippen LogP contribution >= 0.6 is 39.0 Å². The van der Waals surface area contributed by atoms with Crippen LogP contribution in [0.3, 0.4) is 0 Å². The number of carbonyl (C=O) groups is 3. The highest BCUT2D eigenvalue weighted by Crippen LogP contribution is 2.43. The first kappa shape index (κ1) is 30.9. The fourth-order valence-corrected chi connectivity index (χ4v) is 6.41. The number of thioether (sulfide) groups is 1. The molecule has 1 aliphatic heterocycles. The van der Waals surface area contributed by atoms with Crippen LogP contribution in [0.25, 0.3) is 10.7 Å². The Kier molecular flexibility index (Phi) is 9.66. The summed E-state index contributed by atoms with van der Waals surface area (Å²) in [6, 6.07) is 0.126. The van der Waals surface area contributed by atoms with Gasteiger partial charge < -0.3 is 18.9 Å². The van der Waals surface area contributed by atoms with Gasteiger partial charge in [-0.25, -0.2) is 14.6 Å². The van der Waals surface area contributed by atoms with Gasteiger partial charge in [0.2, 0.25) is 0 Å². The smallest absolute Gasteiger partial charge is 0.434 e. The van der Waals surface area contributed by atoms with Crippen LogP contribution in [-0.4, -0.2) is 73.2 Å². The molecule has 3 unspecified atom stereocenters. The van der Waals surface area contributed by atoms with Crippen molar-refractivity contribution in [1.29, 1.82) is 0 Å². The fraction of sp³-hybridized carbons (Fsp3) is 0.435. The molecule has 0 aromatic carbocycles. The third kappa shape index (κ3) is 7.60. The zero-order valence-electron chi connectivity index (χ0n) is 21.4. The predicted molar refractivity (Wildman–Crippen MR) is 139 cm³/mol. The van der Waals surface area contributed by atoms with Crippen molar-refractivity contribution in [2.45, 2.75) is 61.6 Å². The van der Waals surface area contributed by atoms with E-state index < -0.39 is 59.6 Å². The monoisotopic (exact) mass is 679 g/mol. The highest BCUT2D eigenvalue weighted by molar-refractivity contribution is 9.10. The third-order valence-electron chi connectivity index (χ3n) is 5.48. The van der Waals surface area contributed by atoms with Gasteiger partial charge in [-0.05, 0) is 22.0 Å². The molecule has 1 saturated heterocycles. The van der Waals surface area contributed by atoms with E-state index in [2.05, 4.69) is 36.2 Å². The molecule has 0 N–H and O–H groups in total. The van der Waals surface area contributed by atoms with Crippen molar-refractivity contribution in [3.63, 3.8) is 0 Å². The highest BCUT2D eigenvalue weighted by Gasteiger charge is 2.52. The first-order valence-corrected chi connectivity index (χ1v) is 14.2. The normalized spacial score (nSPS) is 22.7. The van der Waals surface area contributed by atoms with Gasteiger partial charge in [0.25, 0.3) is 0 Å². The number of esters is 3. The van der Waals surface area contributed by atoms with E-state index in [1.807, 2.05) is 0 Å². The van der Waals surface area contributed by atoms with Crippen molar-refractivity contribution in [3.05, 3.63) is 40.2 Å². The quantitative estimate of drug-likeness (QED) is 0.250. The standard InChI is InChI=1S/C23H21BrF3N5O7S2/c1-10(33)36-9-16-18(37-11(2)34)17(32-8-15(30-31-32)21-28-4-5-40-21)19(38-12(3)35)22(39-16)41-13-6-14(24)20(29-7-13)23(25,26)27/h4-8,16-19,22H,9H2,1-3H3/t16?,17?,18-,19?,22+/m0/s1. The lowest BCUT2D eigenvalue weighted by atomic mass is 9.96. The van der Waals surface area contributed by atoms with E-state index in [1.54, 1.807) is 11.6 Å². The Bertz CT molecular complexity index is 1410. The molecule has 41 heavy (non-hydrogen) atoms. The van der Waals surface area contributed by atoms with E-state index in [0.717, 1.165) is 31.8 Å². The fourth-order valence-electron chi connectivity index (χ4n) is 3.98. The Morgan fingerprint density at radius 1 is 1.12 bits per heavy atom. The Balaban J connectivity index is 1.78. The van der Waals surface area contributed by atoms with Gasteiger partial charge in [0, 0.05) is 47.9 Å². The molecule has 5 atom stereocenters. The summed E-state index contributed by atoms with van der Waals surface area (Å²) in [6.45, 7) is 3.13. The minimum Gasteiger partial charge on any atom is -0.463 e. The number of thiazole rings is 1. The molecule has 4 rings (SSSR count). The molecule has 4 heterocycles. The zero-order chi connectivity index (χ0) is 29.9. The van der Waals surface area contributed by atoms with Crippen LogP contribution in [0.4, 0.5) is 13.2 Å². The average molecular weight is 680 g/mol. The minimum atomic E-state index is -4.69. The molecule has 1 aliphatic rings. The number of hydrogen-bond acceptors (Lipinski definition) is 13. The minimum absolute atomic E-state index is 0.227. The number of hydrogen-bond donors (Lipinski definition) is 0. The van der Waals surface area contributed by atoms with Crippen molar-refractivity contribution in [1.82, 2.24) is 25.0 Å². The van der Waals surface area contributed by atoms with Gasteiger partial charge in [-0.3, -0.25) is 14.4 Å². The van der Waals surface area contributed by atoms with Crippen LogP contribution in [0.1, 0.15) is 32.5 Å². The van der Waals surface area contributed by atoms with Crippen LogP contribution in [-0.2, 0) is 39.5 Å². The number of halogens is 4. The molecule has 0 amide bonds. The van der Waals surface area contributed by atoms with Crippen molar-refractivity contribution in [2.75, 3.05) is 6.61 Å². The van der Waals surface area contributed by atoms with Gasteiger partial charge in [0.05, 0.1) is 6.20 Å². The first-order chi connectivity index (χ1) is 19.3. The van der Waals surface area contributed by atoms with Crippen molar-refractivity contribution >= 4 is 56.9 Å². The van der Waals surface area contributed by atoms with E-state index in [4.69, 9.17) is 18.9 Å². The Labute approximate surface area is 247 Å². The molecule has 0 saturated carbocycles. The summed E-state index contributed by atoms with van der Waals surface area (Å²) in [5, 5.41) is 10.6. The summed E-state index contributed by atoms with van der Waals surface area (Å²) in [4.78, 5) is 44.0. The number of ether oxygens (including phenoxy) is 4. The van der Waals surface area contributed by atoms with E-state index >= 15 is 0 Å². The van der Waals surface area contributed by atoms with Gasteiger partial charge in [-0.2, -0.15) is 13.2 Å². The average Bonchev–Trinajstić information content (AvgIpc) is 3.55. The molecular formula is C23H21BrF3N5O7S2. The summed E-state index contributed by atoms with van der Waals surface area (Å²) < 4.78 is 63.3. The SMILES string of the molecule is CC(=O)OCC1O[C@H](Sc2cnc(C(F)(F)F)c(Br)c2)C(OC(C)=O)C(n2cc(-c3nccs3)nn2)[C@H]1OC(C)=O. The second-order valence-corrected chi connectivity index (χ2v) is 11.4. The van der Waals surface area contributed by atoms with Gasteiger partial charge in [-0.1, -0.05) is 17.0 Å². The maximum atomic E-state index is 13.3. The van der Waals surface area contributed by atoms with E-state index in [9.17, 15) is 27.6 Å². The number of aromatic nitrogens is 5. The van der Waals surface area contributed by atoms with Crippen molar-refractivity contribution in [2.24, 2.45) is 0 Å². The van der Waals surface area contributed by atoms with Crippen LogP contribution in [0.2, 0.25) is 0 Å². The van der Waals surface area contributed by atoms with Crippen molar-refractivity contribution < 1.29 is 46.5 Å². The van der Waals surface area contributed by atoms with E-state index in [0.29, 0.717) is 10.7 Å². The number of alkyl halides is 3. The van der Waals surface area contributed by atoms with Gasteiger partial charge in [0.15, 0.2) is 17.9 Å². The Hall–Kier alpha value is -3.09. The largest absolute Gasteiger partial charge is 0.463 e. The second kappa shape index (κ2) is 12.8. The van der Waals surface area contributed by atoms with Gasteiger partial charge >= 0.3 is 24.1 Å². The molecule has 0 radical (unpaired) electrons. The summed E-state index contributed by atoms with van der Waals surface area (Å²) >= 11 is 5.10. The summed E-state index contributed by atoms with van der Waals surface area (Å²) in [5.74, 6) is -2.07. The lowest BCUT2D eigenvalue weighted by Crippen LogP contribution is -2.57. The summed E-state index contributed by atoms with van der Waals surface area (Å²) in [5.41, 5.74) is -1.86. The molecule has 18 heteroatoms. The lowest BCUT2D eigenvalue weighted by molar-refractivity contribution is -0.212. The molecule has 0 aliphatic carbocycles. The van der Waals surface area contributed by atoms with E-state index in [1.165, 1.54) is 35.2 Å². The van der Waals surface area contributed by atoms with Crippen LogP contribution < -0.4 is 0 Å². The van der Waals surface area contributed by atoms with Crippen LogP contribution in [0.15, 0.2) is 39.4 Å². The van der Waals surface area contributed by atoms with Crippen LogP contribution in [0.5, 0.6) is 0 Å². The number of carbonyl (C=O) groups excluding carboxylic acids is 3. The topological polar surface area (TPSA) is 145 Å². The van der Waals surface area contributed by atoms with Gasteiger partial charge in [0.1, 0.15) is 34.9 Å². The first-order valence-electron chi connectivity index (χ1n) is 11.7. The lowest BCUT2D eigenvalue weighted by Gasteiger charge is -2.44. The Morgan fingerprint density at radius 2 is 1.83 bits per heavy atom. The molecular weight excluding hydrogens is 659 g/mol. The van der Waals surface area contributed by atoms with E-state index in [-0.39, 0.29) is 16.0 Å². The highest BCUT2D eigenvalue weighted by atomic mass is 79.9. The predicted octanol–water partition coefficient (Wildman–Crippen LogP) is 4.06. The summed E-state index contributed by atoms with van der Waals surface area (Å²) in [7, 11) is 0. The van der Waals surface area contributed by atoms with Crippen LogP contribution in [0, 0.1) is 0 Å². The maximum absolute atomic E-state index is 13.3. The number of pyridine rings is 1. The molecule has 1 fully saturated rings. The molecule has 220 valence electrons. The maximum Gasteiger partial charge on any atom is 0.434 e. The van der Waals surface area contributed by atoms with Crippen molar-refractivity contribution in [3.8, 4) is 10.7 Å². The zero-order valence-corrected chi connectivity index (χ0v) is 24.6. The molecule has 12 nitrogen and oxygen atoms in total. The molecule has 3 aromatic rings. The number of nitrogens with zero attached hydrogens (tertiary/aromatic N) is 5. The molecule has 0 bridgehead atoms. The molecule has 3 aromatic heterocycles. The summed E-state index contributed by atoms with van der Waals surface area (Å²) in [6.07, 6.45) is -4.12. The third-order valence-corrected chi connectivity index (χ3v) is 7.98. The van der Waals surface area contributed by atoms with Gasteiger partial charge in [-0.15, -0.1) is 16.4 Å².